The number of piperidine rings is 1. The Bertz CT molecular complexity index is 960. The van der Waals surface area contributed by atoms with E-state index in [1.54, 1.807) is 12.7 Å². The number of fused-ring (bicyclic) bond motifs is 1. The van der Waals surface area contributed by atoms with Crippen molar-refractivity contribution in [1.29, 1.82) is 0 Å². The fourth-order valence-electron chi connectivity index (χ4n) is 3.59. The van der Waals surface area contributed by atoms with Crippen molar-refractivity contribution in [3.05, 3.63) is 29.7 Å². The third kappa shape index (κ3) is 3.43. The van der Waals surface area contributed by atoms with E-state index >= 15 is 0 Å². The molecule has 0 aromatic carbocycles. The van der Waals surface area contributed by atoms with Gasteiger partial charge in [-0.05, 0) is 39.5 Å². The highest BCUT2D eigenvalue weighted by Gasteiger charge is 2.24. The lowest BCUT2D eigenvalue weighted by Gasteiger charge is -2.32. The third-order valence-electron chi connectivity index (χ3n) is 5.32. The molecule has 3 aromatic heterocycles. The van der Waals surface area contributed by atoms with Gasteiger partial charge in [-0.15, -0.1) is 0 Å². The average molecular weight is 367 g/mol. The predicted octanol–water partition coefficient (Wildman–Crippen LogP) is 2.37. The Kier molecular flexibility index (Phi) is 4.63. The Hall–Kier alpha value is -2.77. The maximum absolute atomic E-state index is 6.05. The molecule has 142 valence electrons. The van der Waals surface area contributed by atoms with E-state index in [1.165, 1.54) is 0 Å². The zero-order valence-corrected chi connectivity index (χ0v) is 16.3. The molecule has 27 heavy (non-hydrogen) atoms. The molecule has 0 unspecified atom stereocenters. The lowest BCUT2D eigenvalue weighted by atomic mass is 9.98. The van der Waals surface area contributed by atoms with Gasteiger partial charge < -0.3 is 14.2 Å². The van der Waals surface area contributed by atoms with Gasteiger partial charge in [-0.1, -0.05) is 0 Å². The van der Waals surface area contributed by atoms with Gasteiger partial charge in [0.1, 0.15) is 17.7 Å². The molecule has 8 heteroatoms. The van der Waals surface area contributed by atoms with Gasteiger partial charge in [-0.2, -0.15) is 4.98 Å². The minimum atomic E-state index is 0.514. The van der Waals surface area contributed by atoms with Crippen molar-refractivity contribution >= 4 is 17.0 Å². The van der Waals surface area contributed by atoms with Crippen LogP contribution in [-0.2, 0) is 7.05 Å². The number of imidazole rings is 1. The molecule has 0 spiro atoms. The highest BCUT2D eigenvalue weighted by atomic mass is 16.5. The van der Waals surface area contributed by atoms with Crippen LogP contribution in [0.3, 0.4) is 0 Å². The summed E-state index contributed by atoms with van der Waals surface area (Å²) in [6.45, 7) is 8.50. The zero-order chi connectivity index (χ0) is 19.0. The fourth-order valence-corrected chi connectivity index (χ4v) is 3.59. The van der Waals surface area contributed by atoms with Gasteiger partial charge in [0, 0.05) is 31.4 Å². The summed E-state index contributed by atoms with van der Waals surface area (Å²) < 4.78 is 8.03. The molecule has 1 aliphatic rings. The quantitative estimate of drug-likeness (QED) is 0.700. The second-order valence-corrected chi connectivity index (χ2v) is 7.25. The average Bonchev–Trinajstić information content (AvgIpc) is 3.05. The second kappa shape index (κ2) is 7.09. The summed E-state index contributed by atoms with van der Waals surface area (Å²) in [7, 11) is 1.98. The van der Waals surface area contributed by atoms with E-state index < -0.39 is 0 Å². The topological polar surface area (TPSA) is 81.9 Å². The molecule has 3 aromatic rings. The molecule has 1 saturated heterocycles. The summed E-state index contributed by atoms with van der Waals surface area (Å²) in [5, 5.41) is 0. The number of aryl methyl sites for hydroxylation is 3. The minimum Gasteiger partial charge on any atom is -0.477 e. The van der Waals surface area contributed by atoms with Crippen LogP contribution in [0, 0.1) is 26.7 Å². The fraction of sp³-hybridized carbons (Fsp3) is 0.526. The van der Waals surface area contributed by atoms with Gasteiger partial charge in [0.05, 0.1) is 12.9 Å². The molecule has 0 saturated carbocycles. The van der Waals surface area contributed by atoms with Gasteiger partial charge in [0.2, 0.25) is 5.88 Å². The summed E-state index contributed by atoms with van der Waals surface area (Å²) in [6, 6.07) is 0. The second-order valence-electron chi connectivity index (χ2n) is 7.25. The van der Waals surface area contributed by atoms with Crippen LogP contribution < -0.4 is 9.64 Å². The SMILES string of the molecule is Cc1nc(C)c(C)c(OCC2CCN(c3ncnc4ncn(C)c34)CC2)n1. The van der Waals surface area contributed by atoms with Crippen LogP contribution in [0.2, 0.25) is 0 Å². The van der Waals surface area contributed by atoms with Gasteiger partial charge in [0.15, 0.2) is 11.5 Å². The van der Waals surface area contributed by atoms with Crippen LogP contribution in [0.4, 0.5) is 5.82 Å². The molecular formula is C19H25N7O. The van der Waals surface area contributed by atoms with Crippen molar-refractivity contribution in [2.75, 3.05) is 24.6 Å². The molecule has 1 aliphatic heterocycles. The molecule has 1 fully saturated rings. The number of rotatable bonds is 4. The number of anilines is 1. The van der Waals surface area contributed by atoms with Crippen molar-refractivity contribution in [1.82, 2.24) is 29.5 Å². The smallest absolute Gasteiger partial charge is 0.219 e. The van der Waals surface area contributed by atoms with E-state index in [0.717, 1.165) is 65.9 Å². The van der Waals surface area contributed by atoms with Crippen molar-refractivity contribution in [3.8, 4) is 5.88 Å². The van der Waals surface area contributed by atoms with E-state index in [-0.39, 0.29) is 0 Å². The van der Waals surface area contributed by atoms with Crippen molar-refractivity contribution < 1.29 is 4.74 Å². The van der Waals surface area contributed by atoms with Crippen LogP contribution in [0.25, 0.3) is 11.2 Å². The van der Waals surface area contributed by atoms with E-state index in [1.807, 2.05) is 32.4 Å². The monoisotopic (exact) mass is 367 g/mol. The van der Waals surface area contributed by atoms with E-state index in [9.17, 15) is 0 Å². The van der Waals surface area contributed by atoms with Gasteiger partial charge in [0.25, 0.3) is 0 Å². The molecule has 0 N–H and O–H groups in total. The first-order valence-corrected chi connectivity index (χ1v) is 9.34. The zero-order valence-electron chi connectivity index (χ0n) is 16.3. The molecule has 0 amide bonds. The largest absolute Gasteiger partial charge is 0.477 e. The van der Waals surface area contributed by atoms with E-state index in [4.69, 9.17) is 4.74 Å². The molecule has 8 nitrogen and oxygen atoms in total. The molecule has 0 aliphatic carbocycles. The Morgan fingerprint density at radius 3 is 2.63 bits per heavy atom. The van der Waals surface area contributed by atoms with Gasteiger partial charge in [-0.3, -0.25) is 0 Å². The lowest BCUT2D eigenvalue weighted by Crippen LogP contribution is -2.36. The van der Waals surface area contributed by atoms with Crippen molar-refractivity contribution in [2.24, 2.45) is 13.0 Å². The predicted molar refractivity (Wildman–Crippen MR) is 103 cm³/mol. The number of aromatic nitrogens is 6. The maximum atomic E-state index is 6.05. The number of hydrogen-bond acceptors (Lipinski definition) is 7. The lowest BCUT2D eigenvalue weighted by molar-refractivity contribution is 0.214. The van der Waals surface area contributed by atoms with Gasteiger partial charge in [-0.25, -0.2) is 19.9 Å². The van der Waals surface area contributed by atoms with E-state index in [2.05, 4.69) is 29.8 Å². The highest BCUT2D eigenvalue weighted by Crippen LogP contribution is 2.27. The van der Waals surface area contributed by atoms with Crippen LogP contribution >= 0.6 is 0 Å². The van der Waals surface area contributed by atoms with Crippen molar-refractivity contribution in [2.45, 2.75) is 33.6 Å². The van der Waals surface area contributed by atoms with Crippen LogP contribution in [0.1, 0.15) is 29.9 Å². The number of nitrogens with zero attached hydrogens (tertiary/aromatic N) is 7. The number of hydrogen-bond donors (Lipinski definition) is 0. The summed E-state index contributed by atoms with van der Waals surface area (Å²) in [6.07, 6.45) is 5.51. The minimum absolute atomic E-state index is 0.514. The first-order valence-electron chi connectivity index (χ1n) is 9.34. The Morgan fingerprint density at radius 2 is 1.85 bits per heavy atom. The van der Waals surface area contributed by atoms with E-state index in [0.29, 0.717) is 12.5 Å². The molecule has 4 rings (SSSR count). The Balaban J connectivity index is 1.40. The summed E-state index contributed by atoms with van der Waals surface area (Å²) in [5.41, 5.74) is 3.75. The Morgan fingerprint density at radius 1 is 1.07 bits per heavy atom. The van der Waals surface area contributed by atoms with Crippen molar-refractivity contribution in [3.63, 3.8) is 0 Å². The third-order valence-corrected chi connectivity index (χ3v) is 5.32. The molecular weight excluding hydrogens is 342 g/mol. The Labute approximate surface area is 158 Å². The molecule has 0 radical (unpaired) electrons. The molecule has 0 atom stereocenters. The van der Waals surface area contributed by atoms with Crippen LogP contribution in [-0.4, -0.2) is 49.2 Å². The molecule has 0 bridgehead atoms. The summed E-state index contributed by atoms with van der Waals surface area (Å²) >= 11 is 0. The number of ether oxygens (including phenoxy) is 1. The van der Waals surface area contributed by atoms with Crippen LogP contribution in [0.15, 0.2) is 12.7 Å². The van der Waals surface area contributed by atoms with Crippen LogP contribution in [0.5, 0.6) is 5.88 Å². The first-order chi connectivity index (χ1) is 13.0. The highest BCUT2D eigenvalue weighted by molar-refractivity contribution is 5.83. The maximum Gasteiger partial charge on any atom is 0.219 e. The first kappa shape index (κ1) is 17.6. The normalized spacial score (nSPS) is 15.5. The standard InChI is InChI=1S/C19H25N7O/c1-12-13(2)23-14(3)24-19(12)27-9-15-5-7-26(8-6-15)18-16-17(20-10-21-18)22-11-25(16)4/h10-11,15H,5-9H2,1-4H3. The summed E-state index contributed by atoms with van der Waals surface area (Å²) in [5.74, 6) is 2.96. The molecule has 4 heterocycles. The van der Waals surface area contributed by atoms with Gasteiger partial charge >= 0.3 is 0 Å². The summed E-state index contributed by atoms with van der Waals surface area (Å²) in [4.78, 5) is 24.3.